The summed E-state index contributed by atoms with van der Waals surface area (Å²) < 4.78 is 12.0. The monoisotopic (exact) mass is 360 g/mol. The molecule has 0 N–H and O–H groups in total. The van der Waals surface area contributed by atoms with E-state index >= 15 is 0 Å². The number of benzene rings is 3. The first-order valence-electron chi connectivity index (χ1n) is 9.14. The van der Waals surface area contributed by atoms with Gasteiger partial charge in [-0.2, -0.15) is 0 Å². The van der Waals surface area contributed by atoms with E-state index in [2.05, 4.69) is 13.8 Å². The number of carbonyl (C=O) groups excluding carboxylic acids is 1. The zero-order valence-electron chi connectivity index (χ0n) is 15.7. The molecule has 0 amide bonds. The van der Waals surface area contributed by atoms with Gasteiger partial charge in [-0.3, -0.25) is 4.79 Å². The first-order valence-corrected chi connectivity index (χ1v) is 9.14. The SMILES string of the molecule is CC(C)c1cc(C=O)c(OCc2ccccc2)cc1OCc1ccccc1. The molecule has 0 aliphatic rings. The van der Waals surface area contributed by atoms with Crippen LogP contribution in [0.2, 0.25) is 0 Å². The van der Waals surface area contributed by atoms with Gasteiger partial charge in [0.05, 0.1) is 5.56 Å². The van der Waals surface area contributed by atoms with Gasteiger partial charge in [-0.05, 0) is 28.7 Å². The minimum absolute atomic E-state index is 0.234. The van der Waals surface area contributed by atoms with Gasteiger partial charge in [0.2, 0.25) is 0 Å². The second-order valence-electron chi connectivity index (χ2n) is 6.75. The summed E-state index contributed by atoms with van der Waals surface area (Å²) in [7, 11) is 0. The molecule has 138 valence electrons. The van der Waals surface area contributed by atoms with Crippen LogP contribution in [0.25, 0.3) is 0 Å². The number of carbonyl (C=O) groups is 1. The van der Waals surface area contributed by atoms with Crippen LogP contribution in [0.3, 0.4) is 0 Å². The predicted molar refractivity (Wildman–Crippen MR) is 107 cm³/mol. The van der Waals surface area contributed by atoms with Gasteiger partial charge in [0, 0.05) is 6.07 Å². The molecule has 3 aromatic carbocycles. The molecule has 3 nitrogen and oxygen atoms in total. The van der Waals surface area contributed by atoms with Crippen LogP contribution in [0, 0.1) is 0 Å². The summed E-state index contributed by atoms with van der Waals surface area (Å²) in [5.41, 5.74) is 3.69. The Morgan fingerprint density at radius 2 is 1.30 bits per heavy atom. The lowest BCUT2D eigenvalue weighted by molar-refractivity contribution is 0.111. The van der Waals surface area contributed by atoms with Crippen molar-refractivity contribution in [2.24, 2.45) is 0 Å². The minimum Gasteiger partial charge on any atom is -0.488 e. The molecule has 0 aliphatic heterocycles. The average molecular weight is 360 g/mol. The van der Waals surface area contributed by atoms with Crippen LogP contribution in [-0.2, 0) is 13.2 Å². The third kappa shape index (κ3) is 4.98. The zero-order chi connectivity index (χ0) is 19.1. The maximum Gasteiger partial charge on any atom is 0.153 e. The Hall–Kier alpha value is -3.07. The van der Waals surface area contributed by atoms with Crippen molar-refractivity contribution in [3.8, 4) is 11.5 Å². The molecule has 3 aromatic rings. The molecule has 0 atom stereocenters. The highest BCUT2D eigenvalue weighted by atomic mass is 16.5. The summed E-state index contributed by atoms with van der Waals surface area (Å²) in [6.07, 6.45) is 0.840. The van der Waals surface area contributed by atoms with E-state index in [1.54, 1.807) is 0 Å². The Kier molecular flexibility index (Phi) is 6.26. The van der Waals surface area contributed by atoms with Gasteiger partial charge >= 0.3 is 0 Å². The van der Waals surface area contributed by atoms with Gasteiger partial charge in [-0.15, -0.1) is 0 Å². The van der Waals surface area contributed by atoms with Crippen LogP contribution >= 0.6 is 0 Å². The molecule has 0 unspecified atom stereocenters. The molecule has 27 heavy (non-hydrogen) atoms. The van der Waals surface area contributed by atoms with Gasteiger partial charge in [-0.1, -0.05) is 74.5 Å². The fraction of sp³-hybridized carbons (Fsp3) is 0.208. The lowest BCUT2D eigenvalue weighted by Gasteiger charge is -2.18. The van der Waals surface area contributed by atoms with E-state index in [-0.39, 0.29) is 5.92 Å². The second kappa shape index (κ2) is 9.04. The lowest BCUT2D eigenvalue weighted by atomic mass is 9.99. The lowest BCUT2D eigenvalue weighted by Crippen LogP contribution is -2.04. The van der Waals surface area contributed by atoms with E-state index in [0.29, 0.717) is 24.5 Å². The number of aldehydes is 1. The third-order valence-corrected chi connectivity index (χ3v) is 4.37. The summed E-state index contributed by atoms with van der Waals surface area (Å²) in [6, 6.07) is 23.6. The van der Waals surface area contributed by atoms with Crippen molar-refractivity contribution in [2.45, 2.75) is 33.0 Å². The van der Waals surface area contributed by atoms with Gasteiger partial charge < -0.3 is 9.47 Å². The summed E-state index contributed by atoms with van der Waals surface area (Å²) >= 11 is 0. The van der Waals surface area contributed by atoms with Crippen molar-refractivity contribution in [1.29, 1.82) is 0 Å². The highest BCUT2D eigenvalue weighted by Gasteiger charge is 2.15. The quantitative estimate of drug-likeness (QED) is 0.478. The predicted octanol–water partition coefficient (Wildman–Crippen LogP) is 5.78. The van der Waals surface area contributed by atoms with E-state index in [1.807, 2.05) is 72.8 Å². The third-order valence-electron chi connectivity index (χ3n) is 4.37. The molecule has 0 heterocycles. The van der Waals surface area contributed by atoms with Gasteiger partial charge in [-0.25, -0.2) is 0 Å². The van der Waals surface area contributed by atoms with Crippen LogP contribution < -0.4 is 9.47 Å². The van der Waals surface area contributed by atoms with E-state index in [9.17, 15) is 4.79 Å². The Morgan fingerprint density at radius 1 is 0.778 bits per heavy atom. The molecule has 3 rings (SSSR count). The summed E-state index contributed by atoms with van der Waals surface area (Å²) in [4.78, 5) is 11.6. The topological polar surface area (TPSA) is 35.5 Å². The fourth-order valence-electron chi connectivity index (χ4n) is 2.86. The Morgan fingerprint density at radius 3 is 1.78 bits per heavy atom. The van der Waals surface area contributed by atoms with Crippen molar-refractivity contribution in [3.63, 3.8) is 0 Å². The molecule has 0 saturated heterocycles. The van der Waals surface area contributed by atoms with Gasteiger partial charge in [0.15, 0.2) is 6.29 Å². The van der Waals surface area contributed by atoms with Crippen LogP contribution in [0.1, 0.15) is 46.8 Å². The van der Waals surface area contributed by atoms with Crippen LogP contribution in [0.5, 0.6) is 11.5 Å². The van der Waals surface area contributed by atoms with Crippen LogP contribution in [-0.4, -0.2) is 6.29 Å². The van der Waals surface area contributed by atoms with Crippen molar-refractivity contribution in [3.05, 3.63) is 95.1 Å². The average Bonchev–Trinajstić information content (AvgIpc) is 2.71. The highest BCUT2D eigenvalue weighted by molar-refractivity contribution is 5.80. The summed E-state index contributed by atoms with van der Waals surface area (Å²) in [5, 5.41) is 0. The first kappa shape index (κ1) is 18.7. The standard InChI is InChI=1S/C24H24O3/c1-18(2)22-13-21(15-25)23(26-16-19-9-5-3-6-10-19)14-24(22)27-17-20-11-7-4-8-12-20/h3-15,18H,16-17H2,1-2H3. The van der Waals surface area contributed by atoms with Gasteiger partial charge in [0.25, 0.3) is 0 Å². The number of hydrogen-bond donors (Lipinski definition) is 0. The van der Waals surface area contributed by atoms with Crippen molar-refractivity contribution < 1.29 is 14.3 Å². The van der Waals surface area contributed by atoms with E-state index in [1.165, 1.54) is 0 Å². The highest BCUT2D eigenvalue weighted by Crippen LogP contribution is 2.34. The number of rotatable bonds is 8. The molecular formula is C24H24O3. The Balaban J connectivity index is 1.84. The molecule has 0 fully saturated rings. The normalized spacial score (nSPS) is 10.6. The Labute approximate surface area is 160 Å². The largest absolute Gasteiger partial charge is 0.488 e. The van der Waals surface area contributed by atoms with E-state index in [4.69, 9.17) is 9.47 Å². The number of hydrogen-bond acceptors (Lipinski definition) is 3. The number of ether oxygens (including phenoxy) is 2. The maximum absolute atomic E-state index is 11.6. The second-order valence-corrected chi connectivity index (χ2v) is 6.75. The first-order chi connectivity index (χ1) is 13.2. The van der Waals surface area contributed by atoms with Crippen molar-refractivity contribution in [1.82, 2.24) is 0 Å². The Bertz CT molecular complexity index is 871. The maximum atomic E-state index is 11.6. The molecule has 0 bridgehead atoms. The minimum atomic E-state index is 0.234. The van der Waals surface area contributed by atoms with E-state index < -0.39 is 0 Å². The molecule has 0 aromatic heterocycles. The molecule has 3 heteroatoms. The van der Waals surface area contributed by atoms with Crippen LogP contribution in [0.4, 0.5) is 0 Å². The molecular weight excluding hydrogens is 336 g/mol. The zero-order valence-corrected chi connectivity index (χ0v) is 15.7. The van der Waals surface area contributed by atoms with Crippen molar-refractivity contribution in [2.75, 3.05) is 0 Å². The summed E-state index contributed by atoms with van der Waals surface area (Å²) in [6.45, 7) is 5.05. The fourth-order valence-corrected chi connectivity index (χ4v) is 2.86. The molecule has 0 aliphatic carbocycles. The van der Waals surface area contributed by atoms with Crippen LogP contribution in [0.15, 0.2) is 72.8 Å². The van der Waals surface area contributed by atoms with Crippen molar-refractivity contribution >= 4 is 6.29 Å². The molecule has 0 radical (unpaired) electrons. The molecule has 0 saturated carbocycles. The summed E-state index contributed by atoms with van der Waals surface area (Å²) in [5.74, 6) is 1.53. The smallest absolute Gasteiger partial charge is 0.153 e. The van der Waals surface area contributed by atoms with E-state index in [0.717, 1.165) is 28.7 Å². The molecule has 0 spiro atoms. The van der Waals surface area contributed by atoms with Gasteiger partial charge in [0.1, 0.15) is 24.7 Å².